The molecular weight excluding hydrogens is 268 g/mol. The average molecular weight is 292 g/mol. The molecule has 1 rings (SSSR count). The molecule has 0 saturated carbocycles. The minimum Gasteiger partial charge on any atom is -0.478 e. The van der Waals surface area contributed by atoms with Crippen molar-refractivity contribution in [2.24, 2.45) is 0 Å². The zero-order chi connectivity index (χ0) is 16.0. The fourth-order valence-electron chi connectivity index (χ4n) is 1.84. The predicted molar refractivity (Wildman–Crippen MR) is 84.2 cm³/mol. The molecule has 0 aliphatic heterocycles. The number of rotatable bonds is 7. The lowest BCUT2D eigenvalue weighted by Gasteiger charge is -2.25. The third-order valence-corrected chi connectivity index (χ3v) is 3.07. The molecule has 116 valence electrons. The van der Waals surface area contributed by atoms with Gasteiger partial charge in [0, 0.05) is 31.3 Å². The maximum absolute atomic E-state index is 11.3. The van der Waals surface area contributed by atoms with Crippen LogP contribution >= 0.6 is 0 Å². The molecule has 21 heavy (non-hydrogen) atoms. The van der Waals surface area contributed by atoms with Crippen molar-refractivity contribution in [3.05, 3.63) is 36.0 Å². The van der Waals surface area contributed by atoms with Crippen molar-refractivity contribution in [1.82, 2.24) is 4.98 Å². The summed E-state index contributed by atoms with van der Waals surface area (Å²) in [4.78, 5) is 17.9. The van der Waals surface area contributed by atoms with E-state index in [2.05, 4.69) is 11.6 Å². The van der Waals surface area contributed by atoms with E-state index in [-0.39, 0.29) is 11.0 Å². The van der Waals surface area contributed by atoms with Crippen molar-refractivity contribution < 1.29 is 14.6 Å². The Morgan fingerprint density at radius 2 is 2.14 bits per heavy atom. The van der Waals surface area contributed by atoms with Gasteiger partial charge in [0.2, 0.25) is 0 Å². The third-order valence-electron chi connectivity index (χ3n) is 3.07. The molecule has 1 aromatic rings. The number of carboxylic acids is 1. The van der Waals surface area contributed by atoms with E-state index in [1.165, 1.54) is 0 Å². The van der Waals surface area contributed by atoms with Crippen LogP contribution in [0, 0.1) is 0 Å². The number of carboxylic acid groups (broad SMARTS) is 1. The van der Waals surface area contributed by atoms with Gasteiger partial charge in [-0.05, 0) is 12.1 Å². The van der Waals surface area contributed by atoms with E-state index in [9.17, 15) is 9.90 Å². The molecule has 0 radical (unpaired) electrons. The summed E-state index contributed by atoms with van der Waals surface area (Å²) in [5, 5.41) is 9.30. The summed E-state index contributed by atoms with van der Waals surface area (Å²) in [7, 11) is 1.63. The van der Waals surface area contributed by atoms with Crippen LogP contribution in [0.1, 0.15) is 36.8 Å². The molecule has 5 nitrogen and oxygen atoms in total. The minimum absolute atomic E-state index is 0.221. The van der Waals surface area contributed by atoms with Gasteiger partial charge in [0.25, 0.3) is 0 Å². The molecule has 0 aliphatic carbocycles. The van der Waals surface area contributed by atoms with E-state index in [0.29, 0.717) is 25.5 Å². The maximum atomic E-state index is 11.3. The number of anilines is 1. The van der Waals surface area contributed by atoms with Crippen LogP contribution in [0.2, 0.25) is 0 Å². The van der Waals surface area contributed by atoms with Crippen molar-refractivity contribution in [3.63, 3.8) is 0 Å². The molecule has 0 atom stereocenters. The molecule has 0 amide bonds. The van der Waals surface area contributed by atoms with E-state index >= 15 is 0 Å². The SMILES string of the molecule is C=CCN(CCOC)c1cc(C(=O)O)cc(C(C)(C)C)n1. The number of methoxy groups -OCH3 is 1. The fourth-order valence-corrected chi connectivity index (χ4v) is 1.84. The van der Waals surface area contributed by atoms with Gasteiger partial charge in [0.05, 0.1) is 12.2 Å². The highest BCUT2D eigenvalue weighted by molar-refractivity contribution is 5.88. The molecule has 0 unspecified atom stereocenters. The molecule has 0 spiro atoms. The largest absolute Gasteiger partial charge is 0.478 e. The molecule has 0 fully saturated rings. The lowest BCUT2D eigenvalue weighted by atomic mass is 9.90. The van der Waals surface area contributed by atoms with Crippen LogP contribution in [0.4, 0.5) is 5.82 Å². The summed E-state index contributed by atoms with van der Waals surface area (Å²) in [5.74, 6) is -0.314. The van der Waals surface area contributed by atoms with E-state index in [0.717, 1.165) is 5.69 Å². The number of pyridine rings is 1. The van der Waals surface area contributed by atoms with Gasteiger partial charge >= 0.3 is 5.97 Å². The molecule has 1 N–H and O–H groups in total. The first-order chi connectivity index (χ1) is 9.79. The van der Waals surface area contributed by atoms with Gasteiger partial charge in [-0.1, -0.05) is 26.8 Å². The number of nitrogens with zero attached hydrogens (tertiary/aromatic N) is 2. The first-order valence-electron chi connectivity index (χ1n) is 6.90. The van der Waals surface area contributed by atoms with Gasteiger partial charge in [-0.25, -0.2) is 9.78 Å². The molecular formula is C16H24N2O3. The molecule has 0 aromatic carbocycles. The average Bonchev–Trinajstić information content (AvgIpc) is 2.42. The molecule has 0 bridgehead atoms. The highest BCUT2D eigenvalue weighted by Crippen LogP contribution is 2.25. The normalized spacial score (nSPS) is 11.2. The maximum Gasteiger partial charge on any atom is 0.335 e. The number of hydrogen-bond acceptors (Lipinski definition) is 4. The standard InChI is InChI=1S/C16H24N2O3/c1-6-7-18(8-9-21-5)14-11-12(15(19)20)10-13(17-14)16(2,3)4/h6,10-11H,1,7-9H2,2-5H3,(H,19,20). The van der Waals surface area contributed by atoms with Crippen molar-refractivity contribution in [2.45, 2.75) is 26.2 Å². The third kappa shape index (κ3) is 4.86. The Bertz CT molecular complexity index is 507. The van der Waals surface area contributed by atoms with E-state index < -0.39 is 5.97 Å². The monoisotopic (exact) mass is 292 g/mol. The van der Waals surface area contributed by atoms with Crippen molar-refractivity contribution >= 4 is 11.8 Å². The summed E-state index contributed by atoms with van der Waals surface area (Å²) in [6.45, 7) is 11.5. The Morgan fingerprint density at radius 3 is 2.62 bits per heavy atom. The summed E-state index contributed by atoms with van der Waals surface area (Å²) in [6.07, 6.45) is 1.77. The summed E-state index contributed by atoms with van der Waals surface area (Å²) in [5.41, 5.74) is 0.779. The van der Waals surface area contributed by atoms with E-state index in [1.54, 1.807) is 25.3 Å². The minimum atomic E-state index is -0.950. The first kappa shape index (κ1) is 17.2. The van der Waals surface area contributed by atoms with Gasteiger partial charge in [-0.2, -0.15) is 0 Å². The Morgan fingerprint density at radius 1 is 1.48 bits per heavy atom. The number of aromatic nitrogens is 1. The zero-order valence-corrected chi connectivity index (χ0v) is 13.2. The molecule has 1 heterocycles. The lowest BCUT2D eigenvalue weighted by molar-refractivity contribution is 0.0696. The van der Waals surface area contributed by atoms with Crippen LogP contribution in [-0.2, 0) is 10.2 Å². The van der Waals surface area contributed by atoms with Crippen LogP contribution in [0.3, 0.4) is 0 Å². The van der Waals surface area contributed by atoms with Crippen LogP contribution in [0.15, 0.2) is 24.8 Å². The number of ether oxygens (including phenoxy) is 1. The fraction of sp³-hybridized carbons (Fsp3) is 0.500. The Kier molecular flexibility index (Phi) is 5.90. The molecule has 1 aromatic heterocycles. The quantitative estimate of drug-likeness (QED) is 0.783. The Labute approximate surface area is 126 Å². The van der Waals surface area contributed by atoms with Gasteiger partial charge in [0.15, 0.2) is 0 Å². The molecule has 0 saturated heterocycles. The lowest BCUT2D eigenvalue weighted by Crippen LogP contribution is -2.29. The van der Waals surface area contributed by atoms with Crippen LogP contribution in [-0.4, -0.2) is 42.9 Å². The second kappa shape index (κ2) is 7.22. The van der Waals surface area contributed by atoms with E-state index in [1.807, 2.05) is 25.7 Å². The van der Waals surface area contributed by atoms with Gasteiger partial charge in [0.1, 0.15) is 5.82 Å². The predicted octanol–water partition coefficient (Wildman–Crippen LogP) is 2.72. The van der Waals surface area contributed by atoms with Gasteiger partial charge < -0.3 is 14.7 Å². The van der Waals surface area contributed by atoms with Gasteiger partial charge in [-0.3, -0.25) is 0 Å². The smallest absolute Gasteiger partial charge is 0.335 e. The summed E-state index contributed by atoms with van der Waals surface area (Å²) < 4.78 is 5.10. The van der Waals surface area contributed by atoms with Crippen molar-refractivity contribution in [1.29, 1.82) is 0 Å². The van der Waals surface area contributed by atoms with Crippen LogP contribution < -0.4 is 4.90 Å². The van der Waals surface area contributed by atoms with Crippen molar-refractivity contribution in [2.75, 3.05) is 31.7 Å². The molecule has 5 heteroatoms. The Hall–Kier alpha value is -1.88. The van der Waals surface area contributed by atoms with Crippen LogP contribution in [0.25, 0.3) is 0 Å². The second-order valence-corrected chi connectivity index (χ2v) is 5.88. The highest BCUT2D eigenvalue weighted by Gasteiger charge is 2.20. The number of hydrogen-bond donors (Lipinski definition) is 1. The van der Waals surface area contributed by atoms with Crippen LogP contribution in [0.5, 0.6) is 0 Å². The molecule has 0 aliphatic rings. The zero-order valence-electron chi connectivity index (χ0n) is 13.2. The van der Waals surface area contributed by atoms with Gasteiger partial charge in [-0.15, -0.1) is 6.58 Å². The highest BCUT2D eigenvalue weighted by atomic mass is 16.5. The summed E-state index contributed by atoms with van der Waals surface area (Å²) in [6, 6.07) is 3.23. The topological polar surface area (TPSA) is 62.7 Å². The Balaban J connectivity index is 3.27. The van der Waals surface area contributed by atoms with E-state index in [4.69, 9.17) is 4.74 Å². The second-order valence-electron chi connectivity index (χ2n) is 5.88. The summed E-state index contributed by atoms with van der Waals surface area (Å²) >= 11 is 0. The van der Waals surface area contributed by atoms with Crippen molar-refractivity contribution in [3.8, 4) is 0 Å². The number of aromatic carboxylic acids is 1. The first-order valence-corrected chi connectivity index (χ1v) is 6.90. The number of carbonyl (C=O) groups is 1.